The van der Waals surface area contributed by atoms with Gasteiger partial charge in [-0.2, -0.15) is 0 Å². The Bertz CT molecular complexity index is 242. The molecular weight excluding hydrogens is 246 g/mol. The maximum Gasteiger partial charge on any atom is 0.0139 e. The third kappa shape index (κ3) is 5.71. The molecule has 2 N–H and O–H groups in total. The fourth-order valence-corrected chi connectivity index (χ4v) is 3.75. The van der Waals surface area contributed by atoms with Crippen LogP contribution in [0, 0.1) is 11.8 Å². The highest BCUT2D eigenvalue weighted by molar-refractivity contribution is 4.87. The molecule has 1 aliphatic carbocycles. The average molecular weight is 284 g/mol. The maximum atomic E-state index is 6.07. The van der Waals surface area contributed by atoms with E-state index in [1.807, 2.05) is 0 Å². The molecule has 0 aromatic carbocycles. The second-order valence-electron chi connectivity index (χ2n) is 6.87. The second kappa shape index (κ2) is 9.75. The van der Waals surface area contributed by atoms with Crippen LogP contribution < -0.4 is 5.73 Å². The van der Waals surface area contributed by atoms with E-state index >= 15 is 0 Å². The van der Waals surface area contributed by atoms with Gasteiger partial charge in [-0.3, -0.25) is 4.90 Å². The van der Waals surface area contributed by atoms with Crippen LogP contribution in [0.25, 0.3) is 0 Å². The number of hydrogen-bond donors (Lipinski definition) is 1. The Balaban J connectivity index is 2.65. The lowest BCUT2D eigenvalue weighted by atomic mass is 9.76. The summed E-state index contributed by atoms with van der Waals surface area (Å²) in [5.41, 5.74) is 6.07. The van der Waals surface area contributed by atoms with Gasteiger partial charge in [0, 0.05) is 19.1 Å². The molecule has 20 heavy (non-hydrogen) atoms. The van der Waals surface area contributed by atoms with E-state index in [2.05, 4.69) is 37.7 Å². The first-order chi connectivity index (χ1) is 9.62. The van der Waals surface area contributed by atoms with Crippen LogP contribution in [0.4, 0.5) is 0 Å². The van der Waals surface area contributed by atoms with Crippen molar-refractivity contribution < 1.29 is 0 Å². The third-order valence-electron chi connectivity index (χ3n) is 4.88. The molecule has 1 fully saturated rings. The lowest BCUT2D eigenvalue weighted by Gasteiger charge is -2.43. The summed E-state index contributed by atoms with van der Waals surface area (Å²) in [6, 6.07) is 0.727. The number of nitrogens with zero attached hydrogens (tertiary/aromatic N) is 2. The normalized spacial score (nSPS) is 27.4. The molecule has 3 atom stereocenters. The Hall–Kier alpha value is -0.120. The molecule has 0 aromatic rings. The highest BCUT2D eigenvalue weighted by atomic mass is 15.2. The molecular formula is C17H37N3. The lowest BCUT2D eigenvalue weighted by Crippen LogP contribution is -2.49. The summed E-state index contributed by atoms with van der Waals surface area (Å²) >= 11 is 0. The second-order valence-corrected chi connectivity index (χ2v) is 6.87. The van der Waals surface area contributed by atoms with E-state index in [0.717, 1.165) is 31.0 Å². The van der Waals surface area contributed by atoms with Crippen LogP contribution >= 0.6 is 0 Å². The number of likely N-dealkylation sites (N-methyl/N-ethyl adjacent to an activating group) is 1. The molecule has 3 unspecified atom stereocenters. The maximum absolute atomic E-state index is 6.07. The zero-order valence-electron chi connectivity index (χ0n) is 14.3. The molecule has 0 aliphatic heterocycles. The molecule has 0 radical (unpaired) electrons. The summed E-state index contributed by atoms with van der Waals surface area (Å²) in [4.78, 5) is 5.03. The van der Waals surface area contributed by atoms with E-state index < -0.39 is 0 Å². The standard InChI is InChI=1S/C17H37N3/c1-5-7-15-8-9-16(14-18)17(13-15)20(10-6-2)12-11-19(3)4/h15-17H,5-14,18H2,1-4H3. The summed E-state index contributed by atoms with van der Waals surface area (Å²) in [6.07, 6.45) is 8.11. The van der Waals surface area contributed by atoms with Gasteiger partial charge in [0.1, 0.15) is 0 Å². The molecule has 0 bridgehead atoms. The van der Waals surface area contributed by atoms with Gasteiger partial charge in [-0.05, 0) is 58.3 Å². The van der Waals surface area contributed by atoms with Crippen molar-refractivity contribution in [1.82, 2.24) is 9.80 Å². The highest BCUT2D eigenvalue weighted by Gasteiger charge is 2.32. The van der Waals surface area contributed by atoms with E-state index in [9.17, 15) is 0 Å². The molecule has 1 rings (SSSR count). The monoisotopic (exact) mass is 283 g/mol. The third-order valence-corrected chi connectivity index (χ3v) is 4.88. The van der Waals surface area contributed by atoms with Crippen molar-refractivity contribution >= 4 is 0 Å². The molecule has 0 heterocycles. The molecule has 1 saturated carbocycles. The number of hydrogen-bond acceptors (Lipinski definition) is 3. The van der Waals surface area contributed by atoms with E-state index in [-0.39, 0.29) is 0 Å². The lowest BCUT2D eigenvalue weighted by molar-refractivity contribution is 0.0734. The molecule has 3 heteroatoms. The van der Waals surface area contributed by atoms with Gasteiger partial charge >= 0.3 is 0 Å². The SMILES string of the molecule is CCCC1CCC(CN)C(N(CCC)CCN(C)C)C1. The quantitative estimate of drug-likeness (QED) is 0.706. The fraction of sp³-hybridized carbons (Fsp3) is 1.00. The van der Waals surface area contributed by atoms with Crippen LogP contribution in [0.5, 0.6) is 0 Å². The van der Waals surface area contributed by atoms with Crippen molar-refractivity contribution in [2.24, 2.45) is 17.6 Å². The Morgan fingerprint density at radius 2 is 1.75 bits per heavy atom. The van der Waals surface area contributed by atoms with Gasteiger partial charge in [0.15, 0.2) is 0 Å². The van der Waals surface area contributed by atoms with E-state index in [1.54, 1.807) is 0 Å². The molecule has 0 aromatic heterocycles. The molecule has 0 spiro atoms. The van der Waals surface area contributed by atoms with Gasteiger partial charge in [0.05, 0.1) is 0 Å². The van der Waals surface area contributed by atoms with Crippen LogP contribution in [-0.4, -0.2) is 56.1 Å². The zero-order chi connectivity index (χ0) is 15.0. The molecule has 1 aliphatic rings. The van der Waals surface area contributed by atoms with Crippen molar-refractivity contribution in [3.63, 3.8) is 0 Å². The van der Waals surface area contributed by atoms with Gasteiger partial charge in [-0.15, -0.1) is 0 Å². The first-order valence-electron chi connectivity index (χ1n) is 8.71. The summed E-state index contributed by atoms with van der Waals surface area (Å²) in [6.45, 7) is 9.07. The van der Waals surface area contributed by atoms with E-state index in [0.29, 0.717) is 0 Å². The van der Waals surface area contributed by atoms with Crippen molar-refractivity contribution in [3.8, 4) is 0 Å². The smallest absolute Gasteiger partial charge is 0.0139 e. The molecule has 0 amide bonds. The van der Waals surface area contributed by atoms with Crippen molar-refractivity contribution in [1.29, 1.82) is 0 Å². The van der Waals surface area contributed by atoms with Crippen molar-refractivity contribution in [2.75, 3.05) is 40.3 Å². The van der Waals surface area contributed by atoms with Crippen LogP contribution in [0.15, 0.2) is 0 Å². The number of nitrogens with two attached hydrogens (primary N) is 1. The predicted molar refractivity (Wildman–Crippen MR) is 89.0 cm³/mol. The Labute approximate surface area is 126 Å². The average Bonchev–Trinajstić information content (AvgIpc) is 2.43. The summed E-state index contributed by atoms with van der Waals surface area (Å²) in [5.74, 6) is 1.66. The van der Waals surface area contributed by atoms with Crippen molar-refractivity contribution in [3.05, 3.63) is 0 Å². The molecule has 120 valence electrons. The van der Waals surface area contributed by atoms with Crippen LogP contribution in [0.2, 0.25) is 0 Å². The van der Waals surface area contributed by atoms with E-state index in [4.69, 9.17) is 5.73 Å². The summed E-state index contributed by atoms with van der Waals surface area (Å²) < 4.78 is 0. The Morgan fingerprint density at radius 3 is 2.30 bits per heavy atom. The van der Waals surface area contributed by atoms with Crippen molar-refractivity contribution in [2.45, 2.75) is 58.4 Å². The minimum Gasteiger partial charge on any atom is -0.330 e. The highest BCUT2D eigenvalue weighted by Crippen LogP contribution is 2.34. The Kier molecular flexibility index (Phi) is 8.74. The minimum atomic E-state index is 0.719. The fourth-order valence-electron chi connectivity index (χ4n) is 3.75. The minimum absolute atomic E-state index is 0.719. The first-order valence-corrected chi connectivity index (χ1v) is 8.71. The van der Waals surface area contributed by atoms with Gasteiger partial charge in [-0.1, -0.05) is 33.1 Å². The van der Waals surface area contributed by atoms with Crippen LogP contribution in [-0.2, 0) is 0 Å². The zero-order valence-corrected chi connectivity index (χ0v) is 14.3. The van der Waals surface area contributed by atoms with Crippen LogP contribution in [0.1, 0.15) is 52.4 Å². The first kappa shape index (κ1) is 17.9. The largest absolute Gasteiger partial charge is 0.330 e. The predicted octanol–water partition coefficient (Wildman–Crippen LogP) is 2.80. The topological polar surface area (TPSA) is 32.5 Å². The van der Waals surface area contributed by atoms with Gasteiger partial charge in [-0.25, -0.2) is 0 Å². The summed E-state index contributed by atoms with van der Waals surface area (Å²) in [5, 5.41) is 0. The molecule has 0 saturated heterocycles. The Morgan fingerprint density at radius 1 is 1.00 bits per heavy atom. The molecule has 3 nitrogen and oxygen atoms in total. The number of rotatable bonds is 9. The summed E-state index contributed by atoms with van der Waals surface area (Å²) in [7, 11) is 4.34. The van der Waals surface area contributed by atoms with E-state index in [1.165, 1.54) is 51.6 Å². The van der Waals surface area contributed by atoms with Gasteiger partial charge in [0.2, 0.25) is 0 Å². The van der Waals surface area contributed by atoms with Gasteiger partial charge in [0.25, 0.3) is 0 Å². The van der Waals surface area contributed by atoms with Gasteiger partial charge < -0.3 is 10.6 Å². The van der Waals surface area contributed by atoms with Crippen LogP contribution in [0.3, 0.4) is 0 Å².